The minimum absolute atomic E-state index is 0.223. The third kappa shape index (κ3) is 2.83. The van der Waals surface area contributed by atoms with Gasteiger partial charge < -0.3 is 10.3 Å². The molecular weight excluding hydrogens is 330 g/mol. The highest BCUT2D eigenvalue weighted by Gasteiger charge is 2.15. The van der Waals surface area contributed by atoms with Crippen molar-refractivity contribution in [2.75, 3.05) is 6.54 Å². The Morgan fingerprint density at radius 3 is 2.65 bits per heavy atom. The molecule has 0 atom stereocenters. The molecule has 4 rings (SSSR count). The van der Waals surface area contributed by atoms with E-state index >= 15 is 0 Å². The summed E-state index contributed by atoms with van der Waals surface area (Å²) in [7, 11) is 1.54. The van der Waals surface area contributed by atoms with Gasteiger partial charge in [-0.15, -0.1) is 0 Å². The first-order chi connectivity index (χ1) is 12.6. The molecule has 2 aromatic carbocycles. The summed E-state index contributed by atoms with van der Waals surface area (Å²) in [4.78, 5) is 32.4. The molecule has 4 aromatic rings. The van der Waals surface area contributed by atoms with Crippen molar-refractivity contribution in [2.24, 2.45) is 7.05 Å². The number of carbonyl (C=O) groups is 1. The van der Waals surface area contributed by atoms with E-state index in [2.05, 4.69) is 20.4 Å². The fraction of sp³-hybridized carbons (Fsp3) is 0.158. The van der Waals surface area contributed by atoms with E-state index in [9.17, 15) is 9.59 Å². The Balaban J connectivity index is 1.52. The van der Waals surface area contributed by atoms with Crippen LogP contribution in [-0.2, 0) is 13.5 Å². The van der Waals surface area contributed by atoms with Gasteiger partial charge >= 0.3 is 0 Å². The summed E-state index contributed by atoms with van der Waals surface area (Å²) in [6.45, 7) is 0.414. The Morgan fingerprint density at radius 2 is 1.85 bits per heavy atom. The van der Waals surface area contributed by atoms with Gasteiger partial charge in [0.15, 0.2) is 5.69 Å². The molecule has 0 spiro atoms. The van der Waals surface area contributed by atoms with Gasteiger partial charge in [0.1, 0.15) is 5.82 Å². The lowest BCUT2D eigenvalue weighted by atomic mass is 10.1. The fourth-order valence-corrected chi connectivity index (χ4v) is 2.97. The largest absolute Gasteiger partial charge is 0.350 e. The number of nitrogens with zero attached hydrogens (tertiary/aromatic N) is 3. The maximum absolute atomic E-state index is 12.6. The third-order valence-corrected chi connectivity index (χ3v) is 4.26. The molecule has 0 aliphatic carbocycles. The number of benzene rings is 2. The molecular formula is C19H17N5O2. The summed E-state index contributed by atoms with van der Waals surface area (Å²) < 4.78 is 1.19. The molecule has 1 amide bonds. The summed E-state index contributed by atoms with van der Waals surface area (Å²) in [6, 6.07) is 14.8. The van der Waals surface area contributed by atoms with Gasteiger partial charge in [0.05, 0.1) is 16.4 Å². The zero-order valence-electron chi connectivity index (χ0n) is 14.2. The quantitative estimate of drug-likeness (QED) is 0.588. The Morgan fingerprint density at radius 1 is 1.12 bits per heavy atom. The number of hydrogen-bond acceptors (Lipinski definition) is 4. The van der Waals surface area contributed by atoms with Crippen molar-refractivity contribution in [1.82, 2.24) is 25.1 Å². The second-order valence-electron chi connectivity index (χ2n) is 6.03. The third-order valence-electron chi connectivity index (χ3n) is 4.26. The number of nitrogens with one attached hydrogen (secondary N) is 2. The first kappa shape index (κ1) is 16.0. The van der Waals surface area contributed by atoms with E-state index in [1.54, 1.807) is 31.3 Å². The predicted molar refractivity (Wildman–Crippen MR) is 99.1 cm³/mol. The molecule has 2 aromatic heterocycles. The van der Waals surface area contributed by atoms with Crippen LogP contribution in [0.5, 0.6) is 0 Å². The van der Waals surface area contributed by atoms with Gasteiger partial charge in [-0.05, 0) is 18.2 Å². The van der Waals surface area contributed by atoms with Crippen molar-refractivity contribution in [3.05, 3.63) is 70.4 Å². The number of imidazole rings is 1. The summed E-state index contributed by atoms with van der Waals surface area (Å²) in [6.07, 6.45) is 0.574. The second-order valence-corrected chi connectivity index (χ2v) is 6.03. The first-order valence-corrected chi connectivity index (χ1v) is 8.31. The van der Waals surface area contributed by atoms with Crippen LogP contribution in [0.25, 0.3) is 21.8 Å². The molecule has 0 radical (unpaired) electrons. The predicted octanol–water partition coefficient (Wildman–Crippen LogP) is 1.78. The molecule has 0 saturated carbocycles. The molecule has 26 heavy (non-hydrogen) atoms. The van der Waals surface area contributed by atoms with Gasteiger partial charge in [0.2, 0.25) is 0 Å². The Kier molecular flexibility index (Phi) is 3.96. The van der Waals surface area contributed by atoms with Gasteiger partial charge in [-0.25, -0.2) is 9.67 Å². The fourth-order valence-electron chi connectivity index (χ4n) is 2.97. The van der Waals surface area contributed by atoms with Crippen LogP contribution < -0.4 is 10.9 Å². The number of amides is 1. The molecule has 0 saturated heterocycles. The lowest BCUT2D eigenvalue weighted by Crippen LogP contribution is -2.30. The van der Waals surface area contributed by atoms with Crippen LogP contribution >= 0.6 is 0 Å². The topological polar surface area (TPSA) is 92.7 Å². The van der Waals surface area contributed by atoms with Crippen molar-refractivity contribution in [1.29, 1.82) is 0 Å². The van der Waals surface area contributed by atoms with Crippen LogP contribution in [0.1, 0.15) is 16.3 Å². The molecule has 0 aliphatic rings. The zero-order valence-corrected chi connectivity index (χ0v) is 14.2. The van der Waals surface area contributed by atoms with Gasteiger partial charge in [0.25, 0.3) is 11.5 Å². The zero-order chi connectivity index (χ0) is 18.1. The van der Waals surface area contributed by atoms with E-state index in [4.69, 9.17) is 0 Å². The number of aromatic amines is 1. The minimum atomic E-state index is -0.312. The summed E-state index contributed by atoms with van der Waals surface area (Å²) in [5, 5.41) is 8.02. The lowest BCUT2D eigenvalue weighted by molar-refractivity contribution is 0.0948. The van der Waals surface area contributed by atoms with Crippen LogP contribution in [0, 0.1) is 0 Å². The number of carbonyl (C=O) groups excluding carboxylic acids is 1. The standard InChI is InChI=1S/C19H17N5O2/c1-24-19(26)13-7-3-2-6-12(13)17(23-24)18(25)20-11-10-16-21-14-8-4-5-9-15(14)22-16/h2-9H,10-11H2,1H3,(H,20,25)(H,21,22). The SMILES string of the molecule is Cn1nc(C(=O)NCCc2nc3ccccc3[nH]2)c2ccccc2c1=O. The van der Waals surface area contributed by atoms with E-state index in [-0.39, 0.29) is 17.2 Å². The van der Waals surface area contributed by atoms with Crippen molar-refractivity contribution >= 4 is 27.7 Å². The van der Waals surface area contributed by atoms with Gasteiger partial charge in [-0.1, -0.05) is 30.3 Å². The molecule has 0 fully saturated rings. The number of rotatable bonds is 4. The van der Waals surface area contributed by atoms with E-state index in [1.165, 1.54) is 4.68 Å². The highest BCUT2D eigenvalue weighted by Crippen LogP contribution is 2.13. The average Bonchev–Trinajstić information content (AvgIpc) is 3.07. The summed E-state index contributed by atoms with van der Waals surface area (Å²) in [5.41, 5.74) is 1.89. The van der Waals surface area contributed by atoms with Crippen LogP contribution in [0.3, 0.4) is 0 Å². The monoisotopic (exact) mass is 347 g/mol. The Bertz CT molecular complexity index is 1140. The number of aryl methyl sites for hydroxylation is 1. The van der Waals surface area contributed by atoms with Crippen molar-refractivity contribution in [2.45, 2.75) is 6.42 Å². The number of hydrogen-bond donors (Lipinski definition) is 2. The van der Waals surface area contributed by atoms with Crippen LogP contribution in [-0.4, -0.2) is 32.2 Å². The molecule has 2 N–H and O–H groups in total. The van der Waals surface area contributed by atoms with Crippen molar-refractivity contribution < 1.29 is 4.79 Å². The molecule has 130 valence electrons. The normalized spacial score (nSPS) is 11.1. The van der Waals surface area contributed by atoms with Crippen LogP contribution in [0.2, 0.25) is 0 Å². The number of H-pyrrole nitrogens is 1. The van der Waals surface area contributed by atoms with Crippen LogP contribution in [0.4, 0.5) is 0 Å². The Hall–Kier alpha value is -3.48. The van der Waals surface area contributed by atoms with Crippen molar-refractivity contribution in [3.8, 4) is 0 Å². The molecule has 2 heterocycles. The van der Waals surface area contributed by atoms with E-state index in [1.807, 2.05) is 24.3 Å². The highest BCUT2D eigenvalue weighted by atomic mass is 16.2. The van der Waals surface area contributed by atoms with E-state index in [0.717, 1.165) is 16.9 Å². The van der Waals surface area contributed by atoms with E-state index in [0.29, 0.717) is 23.7 Å². The molecule has 0 bridgehead atoms. The average molecular weight is 347 g/mol. The smallest absolute Gasteiger partial charge is 0.274 e. The maximum atomic E-state index is 12.6. The van der Waals surface area contributed by atoms with Gasteiger partial charge in [-0.2, -0.15) is 5.10 Å². The van der Waals surface area contributed by atoms with E-state index < -0.39 is 0 Å². The highest BCUT2D eigenvalue weighted by molar-refractivity contribution is 6.04. The van der Waals surface area contributed by atoms with Crippen LogP contribution in [0.15, 0.2) is 53.3 Å². The summed E-state index contributed by atoms with van der Waals surface area (Å²) in [5.74, 6) is 0.498. The van der Waals surface area contributed by atoms with Crippen molar-refractivity contribution in [3.63, 3.8) is 0 Å². The Labute approximate surface area is 148 Å². The second kappa shape index (κ2) is 6.44. The molecule has 7 heteroatoms. The summed E-state index contributed by atoms with van der Waals surface area (Å²) >= 11 is 0. The number of fused-ring (bicyclic) bond motifs is 2. The van der Waals surface area contributed by atoms with Gasteiger partial charge in [0, 0.05) is 25.4 Å². The maximum Gasteiger partial charge on any atom is 0.274 e. The molecule has 0 unspecified atom stereocenters. The molecule has 0 aliphatic heterocycles. The van der Waals surface area contributed by atoms with Gasteiger partial charge in [-0.3, -0.25) is 9.59 Å². The molecule has 7 nitrogen and oxygen atoms in total. The number of para-hydroxylation sites is 2. The lowest BCUT2D eigenvalue weighted by Gasteiger charge is -2.08. The minimum Gasteiger partial charge on any atom is -0.350 e. The number of aromatic nitrogens is 4. The first-order valence-electron chi connectivity index (χ1n) is 8.31.